The predicted molar refractivity (Wildman–Crippen MR) is 150 cm³/mol. The Hall–Kier alpha value is -3.70. The lowest BCUT2D eigenvalue weighted by atomic mass is 9.77. The molecule has 1 aliphatic heterocycles. The Morgan fingerprint density at radius 2 is 1.51 bits per heavy atom. The number of thiophene rings is 1. The van der Waals surface area contributed by atoms with Crippen LogP contribution in [0.4, 0.5) is 5.00 Å². The number of benzene rings is 3. The van der Waals surface area contributed by atoms with E-state index in [-0.39, 0.29) is 11.4 Å². The molecule has 4 aromatic rings. The number of ether oxygens (including phenoxy) is 1. The number of hydrogen-bond donors (Lipinski definition) is 0. The number of carbonyl (C=O) groups is 1. The molecule has 1 aliphatic carbocycles. The molecular weight excluding hydrogens is 476 g/mol. The van der Waals surface area contributed by atoms with E-state index in [1.54, 1.807) is 7.11 Å². The standard InChI is InChI=1S/C32H30N2O2S/c1-36-26-17-15-23(16-18-26)22-34-31(35)30-27(32(34)19-9-4-10-20-32)21-28(37-30)33-29(24-11-5-2-6-12-24)25-13-7-3-8-14-25/h2-3,5-8,11-18,21H,4,9-10,19-20,22H2,1H3. The van der Waals surface area contributed by atoms with Crippen LogP contribution in [0.15, 0.2) is 96.0 Å². The van der Waals surface area contributed by atoms with Crippen molar-refractivity contribution in [1.29, 1.82) is 0 Å². The molecule has 0 bridgehead atoms. The van der Waals surface area contributed by atoms with Gasteiger partial charge in [-0.3, -0.25) is 4.79 Å². The van der Waals surface area contributed by atoms with Gasteiger partial charge in [-0.1, -0.05) is 92.1 Å². The van der Waals surface area contributed by atoms with Gasteiger partial charge in [-0.05, 0) is 36.6 Å². The average Bonchev–Trinajstić information content (AvgIpc) is 3.47. The number of fused-ring (bicyclic) bond motifs is 2. The SMILES string of the molecule is COc1ccc(CN2C(=O)c3sc(N=C(c4ccccc4)c4ccccc4)cc3C23CCCCC3)cc1. The normalized spacial score (nSPS) is 16.0. The second kappa shape index (κ2) is 9.98. The van der Waals surface area contributed by atoms with Gasteiger partial charge in [0.25, 0.3) is 5.91 Å². The molecular formula is C32H30N2O2S. The van der Waals surface area contributed by atoms with Crippen molar-refractivity contribution < 1.29 is 9.53 Å². The van der Waals surface area contributed by atoms with Crippen molar-refractivity contribution in [3.8, 4) is 5.75 Å². The van der Waals surface area contributed by atoms with Gasteiger partial charge in [-0.25, -0.2) is 4.99 Å². The number of methoxy groups -OCH3 is 1. The monoisotopic (exact) mass is 506 g/mol. The molecule has 1 saturated carbocycles. The zero-order valence-electron chi connectivity index (χ0n) is 21.0. The summed E-state index contributed by atoms with van der Waals surface area (Å²) in [5.74, 6) is 0.971. The van der Waals surface area contributed by atoms with Crippen LogP contribution >= 0.6 is 11.3 Å². The molecule has 1 amide bonds. The second-order valence-corrected chi connectivity index (χ2v) is 10.9. The summed E-state index contributed by atoms with van der Waals surface area (Å²) in [6, 6.07) is 30.9. The first-order valence-corrected chi connectivity index (χ1v) is 13.8. The maximum Gasteiger partial charge on any atom is 0.265 e. The van der Waals surface area contributed by atoms with Crippen LogP contribution < -0.4 is 4.74 Å². The number of rotatable bonds is 6. The number of amides is 1. The fraction of sp³-hybridized carbons (Fsp3) is 0.250. The van der Waals surface area contributed by atoms with E-state index < -0.39 is 0 Å². The molecule has 1 spiro atoms. The van der Waals surface area contributed by atoms with Crippen LogP contribution in [0.25, 0.3) is 0 Å². The molecule has 1 aromatic heterocycles. The Labute approximate surface area is 222 Å². The fourth-order valence-corrected chi connectivity index (χ4v) is 6.89. The van der Waals surface area contributed by atoms with E-state index in [1.165, 1.54) is 23.3 Å². The van der Waals surface area contributed by atoms with Crippen molar-refractivity contribution >= 4 is 28.0 Å². The van der Waals surface area contributed by atoms with Crippen molar-refractivity contribution in [3.05, 3.63) is 118 Å². The van der Waals surface area contributed by atoms with Gasteiger partial charge >= 0.3 is 0 Å². The predicted octanol–water partition coefficient (Wildman–Crippen LogP) is 7.74. The van der Waals surface area contributed by atoms with Crippen molar-refractivity contribution in [2.24, 2.45) is 4.99 Å². The van der Waals surface area contributed by atoms with Gasteiger partial charge in [0.05, 0.1) is 23.2 Å². The first-order chi connectivity index (χ1) is 18.2. The molecule has 3 aromatic carbocycles. The highest BCUT2D eigenvalue weighted by Crippen LogP contribution is 2.53. The number of hydrogen-bond acceptors (Lipinski definition) is 4. The largest absolute Gasteiger partial charge is 0.497 e. The van der Waals surface area contributed by atoms with E-state index in [4.69, 9.17) is 9.73 Å². The zero-order valence-corrected chi connectivity index (χ0v) is 21.8. The maximum atomic E-state index is 13.9. The fourth-order valence-electron chi connectivity index (χ4n) is 5.81. The summed E-state index contributed by atoms with van der Waals surface area (Å²) >= 11 is 1.54. The summed E-state index contributed by atoms with van der Waals surface area (Å²) < 4.78 is 5.33. The van der Waals surface area contributed by atoms with Gasteiger partial charge in [0.15, 0.2) is 0 Å². The van der Waals surface area contributed by atoms with E-state index in [0.717, 1.165) is 63.7 Å². The summed E-state index contributed by atoms with van der Waals surface area (Å²) in [6.45, 7) is 0.613. The topological polar surface area (TPSA) is 41.9 Å². The summed E-state index contributed by atoms with van der Waals surface area (Å²) in [6.07, 6.45) is 5.51. The van der Waals surface area contributed by atoms with Crippen molar-refractivity contribution in [1.82, 2.24) is 4.90 Å². The minimum absolute atomic E-state index is 0.139. The summed E-state index contributed by atoms with van der Waals surface area (Å²) in [7, 11) is 1.68. The van der Waals surface area contributed by atoms with Gasteiger partial charge in [0.1, 0.15) is 10.8 Å². The highest BCUT2D eigenvalue weighted by molar-refractivity contribution is 7.18. The number of nitrogens with zero attached hydrogens (tertiary/aromatic N) is 2. The van der Waals surface area contributed by atoms with Crippen LogP contribution in [0.3, 0.4) is 0 Å². The molecule has 0 radical (unpaired) electrons. The lowest BCUT2D eigenvalue weighted by Gasteiger charge is -2.42. The van der Waals surface area contributed by atoms with E-state index in [2.05, 4.69) is 47.4 Å². The molecule has 186 valence electrons. The van der Waals surface area contributed by atoms with Crippen LogP contribution in [0.2, 0.25) is 0 Å². The van der Waals surface area contributed by atoms with E-state index >= 15 is 0 Å². The first-order valence-electron chi connectivity index (χ1n) is 13.0. The van der Waals surface area contributed by atoms with Crippen LogP contribution in [-0.4, -0.2) is 23.6 Å². The Morgan fingerprint density at radius 1 is 0.892 bits per heavy atom. The molecule has 0 atom stereocenters. The van der Waals surface area contributed by atoms with Crippen LogP contribution in [0.1, 0.15) is 64.0 Å². The first kappa shape index (κ1) is 23.7. The number of carbonyl (C=O) groups excluding carboxylic acids is 1. The van der Waals surface area contributed by atoms with Gasteiger partial charge in [-0.15, -0.1) is 11.3 Å². The lowest BCUT2D eigenvalue weighted by Crippen LogP contribution is -2.44. The lowest BCUT2D eigenvalue weighted by molar-refractivity contribution is 0.0388. The molecule has 6 rings (SSSR count). The summed E-state index contributed by atoms with van der Waals surface area (Å²) in [5.41, 5.74) is 5.14. The van der Waals surface area contributed by atoms with Gasteiger partial charge in [0.2, 0.25) is 0 Å². The van der Waals surface area contributed by atoms with Crippen molar-refractivity contribution in [3.63, 3.8) is 0 Å². The Bertz CT molecular complexity index is 1380. The van der Waals surface area contributed by atoms with E-state index in [1.807, 2.05) is 48.5 Å². The summed E-state index contributed by atoms with van der Waals surface area (Å²) in [5, 5.41) is 0.898. The highest BCUT2D eigenvalue weighted by Gasteiger charge is 2.51. The molecule has 4 nitrogen and oxygen atoms in total. The Balaban J connectivity index is 1.40. The van der Waals surface area contributed by atoms with Crippen molar-refractivity contribution in [2.45, 2.75) is 44.2 Å². The zero-order chi connectivity index (χ0) is 25.2. The van der Waals surface area contributed by atoms with E-state index in [9.17, 15) is 4.79 Å². The van der Waals surface area contributed by atoms with E-state index in [0.29, 0.717) is 6.54 Å². The Morgan fingerprint density at radius 3 is 2.11 bits per heavy atom. The molecule has 37 heavy (non-hydrogen) atoms. The molecule has 5 heteroatoms. The van der Waals surface area contributed by atoms with Gasteiger partial charge < -0.3 is 9.64 Å². The Kier molecular flexibility index (Phi) is 6.39. The third-order valence-corrected chi connectivity index (χ3v) is 8.69. The molecule has 0 unspecified atom stereocenters. The maximum absolute atomic E-state index is 13.9. The third-order valence-electron chi connectivity index (χ3n) is 7.67. The van der Waals surface area contributed by atoms with Crippen LogP contribution in [0.5, 0.6) is 5.75 Å². The summed E-state index contributed by atoms with van der Waals surface area (Å²) in [4.78, 5) is 22.0. The quantitative estimate of drug-likeness (QED) is 0.251. The number of aliphatic imine (C=N–C) groups is 1. The van der Waals surface area contributed by atoms with Gasteiger partial charge in [0, 0.05) is 23.2 Å². The molecule has 2 aliphatic rings. The molecule has 0 saturated heterocycles. The van der Waals surface area contributed by atoms with Crippen molar-refractivity contribution in [2.75, 3.05) is 7.11 Å². The second-order valence-electron chi connectivity index (χ2n) is 9.85. The highest BCUT2D eigenvalue weighted by atomic mass is 32.1. The van der Waals surface area contributed by atoms with Crippen LogP contribution in [0, 0.1) is 0 Å². The third kappa shape index (κ3) is 4.38. The minimum Gasteiger partial charge on any atom is -0.497 e. The average molecular weight is 507 g/mol. The molecule has 0 N–H and O–H groups in total. The smallest absolute Gasteiger partial charge is 0.265 e. The minimum atomic E-state index is -0.242. The van der Waals surface area contributed by atoms with Gasteiger partial charge in [-0.2, -0.15) is 0 Å². The van der Waals surface area contributed by atoms with Crippen LogP contribution in [-0.2, 0) is 12.1 Å². The molecule has 2 heterocycles. The molecule has 1 fully saturated rings.